The normalized spacial score (nSPS) is 23.5. The van der Waals surface area contributed by atoms with Crippen LogP contribution in [-0.2, 0) is 9.53 Å². The second-order valence-electron chi connectivity index (χ2n) is 9.24. The summed E-state index contributed by atoms with van der Waals surface area (Å²) in [5, 5.41) is 3.93. The fourth-order valence-electron chi connectivity index (χ4n) is 5.69. The van der Waals surface area contributed by atoms with Gasteiger partial charge in [0.1, 0.15) is 22.3 Å². The number of aromatic amines is 1. The molecule has 0 spiro atoms. The second-order valence-corrected chi connectivity index (χ2v) is 9.63. The van der Waals surface area contributed by atoms with Gasteiger partial charge in [0, 0.05) is 30.7 Å². The Labute approximate surface area is 207 Å². The summed E-state index contributed by atoms with van der Waals surface area (Å²) in [6, 6.07) is 5.78. The molecule has 0 aliphatic heterocycles. The van der Waals surface area contributed by atoms with Gasteiger partial charge >= 0.3 is 5.97 Å². The summed E-state index contributed by atoms with van der Waals surface area (Å²) in [4.78, 5) is 34.5. The molecule has 3 fully saturated rings. The number of hydrogen-bond donors (Lipinski definition) is 2. The number of fused-ring (bicyclic) bond motifs is 4. The maximum Gasteiger partial charge on any atom is 0.311 e. The van der Waals surface area contributed by atoms with E-state index in [2.05, 4.69) is 20.3 Å². The number of H-pyrrole nitrogens is 1. The molecule has 0 amide bonds. The Balaban J connectivity index is 1.42. The van der Waals surface area contributed by atoms with Crippen molar-refractivity contribution >= 4 is 34.6 Å². The molecule has 2 N–H and O–H groups in total. The van der Waals surface area contributed by atoms with E-state index >= 15 is 0 Å². The van der Waals surface area contributed by atoms with Crippen molar-refractivity contribution in [1.29, 1.82) is 0 Å². The van der Waals surface area contributed by atoms with Crippen LogP contribution in [0.3, 0.4) is 0 Å². The number of nitrogens with zero attached hydrogens (tertiary/aromatic N) is 5. The average Bonchev–Trinajstić information content (AvgIpc) is 3.55. The highest BCUT2D eigenvalue weighted by Crippen LogP contribution is 2.46. The fourth-order valence-corrected chi connectivity index (χ4v) is 5.83. The molecule has 4 aromatic rings. The molecule has 9 nitrogen and oxygen atoms in total. The Morgan fingerprint density at radius 3 is 2.71 bits per heavy atom. The number of halogens is 1. The first-order valence-corrected chi connectivity index (χ1v) is 12.4. The van der Waals surface area contributed by atoms with Crippen LogP contribution in [0.1, 0.15) is 32.6 Å². The molecule has 0 radical (unpaired) electrons. The Kier molecular flexibility index (Phi) is 5.64. The minimum atomic E-state index is -0.173. The van der Waals surface area contributed by atoms with Crippen LogP contribution < -0.4 is 5.32 Å². The van der Waals surface area contributed by atoms with Crippen LogP contribution in [-0.4, -0.2) is 48.1 Å². The number of carbonyl (C=O) groups is 1. The minimum Gasteiger partial charge on any atom is -0.466 e. The van der Waals surface area contributed by atoms with Gasteiger partial charge in [0.05, 0.1) is 24.3 Å². The lowest BCUT2D eigenvalue weighted by molar-refractivity contribution is -0.154. The molecule has 10 heteroatoms. The molecule has 3 aliphatic rings. The maximum atomic E-state index is 12.9. The van der Waals surface area contributed by atoms with Gasteiger partial charge < -0.3 is 19.6 Å². The first-order valence-electron chi connectivity index (χ1n) is 12.1. The molecule has 35 heavy (non-hydrogen) atoms. The van der Waals surface area contributed by atoms with Crippen molar-refractivity contribution in [2.45, 2.75) is 38.6 Å². The average molecular weight is 492 g/mol. The number of ether oxygens (including phenoxy) is 1. The summed E-state index contributed by atoms with van der Waals surface area (Å²) in [6.07, 6.45) is 11.5. The number of rotatable bonds is 6. The molecular formula is C25H26ClN7O2. The van der Waals surface area contributed by atoms with Crippen LogP contribution in [0.25, 0.3) is 28.4 Å². The first kappa shape index (κ1) is 22.0. The lowest BCUT2D eigenvalue weighted by Crippen LogP contribution is -2.52. The van der Waals surface area contributed by atoms with Crippen LogP contribution >= 0.6 is 11.6 Å². The molecule has 7 rings (SSSR count). The van der Waals surface area contributed by atoms with E-state index in [0.29, 0.717) is 57.8 Å². The lowest BCUT2D eigenvalue weighted by atomic mass is 9.61. The first-order chi connectivity index (χ1) is 17.1. The predicted molar refractivity (Wildman–Crippen MR) is 132 cm³/mol. The largest absolute Gasteiger partial charge is 0.466 e. The van der Waals surface area contributed by atoms with E-state index in [1.165, 1.54) is 6.20 Å². The summed E-state index contributed by atoms with van der Waals surface area (Å²) in [5.41, 5.74) is 1.93. The van der Waals surface area contributed by atoms with Gasteiger partial charge in [0.15, 0.2) is 11.5 Å². The van der Waals surface area contributed by atoms with E-state index in [1.54, 1.807) is 6.20 Å². The number of carbonyl (C=O) groups excluding carboxylic acids is 1. The van der Waals surface area contributed by atoms with Crippen LogP contribution in [0, 0.1) is 17.8 Å². The molecule has 3 saturated carbocycles. The van der Waals surface area contributed by atoms with E-state index in [0.717, 1.165) is 25.7 Å². The molecular weight excluding hydrogens is 466 g/mol. The van der Waals surface area contributed by atoms with E-state index < -0.39 is 0 Å². The fraction of sp³-hybridized carbons (Fsp3) is 0.400. The van der Waals surface area contributed by atoms with Crippen LogP contribution in [0.5, 0.6) is 0 Å². The summed E-state index contributed by atoms with van der Waals surface area (Å²) < 4.78 is 7.41. The van der Waals surface area contributed by atoms with Crippen LogP contribution in [0.15, 0.2) is 43.0 Å². The van der Waals surface area contributed by atoms with Crippen molar-refractivity contribution in [3.63, 3.8) is 0 Å². The second kappa shape index (κ2) is 8.96. The zero-order valence-electron chi connectivity index (χ0n) is 19.3. The third-order valence-corrected chi connectivity index (χ3v) is 7.45. The van der Waals surface area contributed by atoms with Crippen molar-refractivity contribution in [2.75, 3.05) is 11.9 Å². The number of esters is 1. The van der Waals surface area contributed by atoms with Crippen molar-refractivity contribution in [3.8, 4) is 17.2 Å². The SMILES string of the molecule is CCOC(=O)[C@H]1C2CCC(CC2)[C@@H]1Nc1cc(-n2cccc2)nc(-c2c[nH]c3ncc(Cl)nc23)n1. The summed E-state index contributed by atoms with van der Waals surface area (Å²) in [5.74, 6) is 2.33. The van der Waals surface area contributed by atoms with Gasteiger partial charge in [-0.2, -0.15) is 0 Å². The highest BCUT2D eigenvalue weighted by Gasteiger charge is 2.48. The molecule has 4 heterocycles. The highest BCUT2D eigenvalue weighted by molar-refractivity contribution is 6.29. The van der Waals surface area contributed by atoms with Gasteiger partial charge in [0.25, 0.3) is 0 Å². The van der Waals surface area contributed by atoms with Gasteiger partial charge in [-0.15, -0.1) is 0 Å². The lowest BCUT2D eigenvalue weighted by Gasteiger charge is -2.47. The number of hydrogen-bond acceptors (Lipinski definition) is 7. The standard InChI is InChI=1S/C25H26ClN7O2/c1-2-35-25(34)20-14-5-7-15(8-6-14)21(20)30-18-11-19(33-9-3-4-10-33)32-23(31-18)16-12-27-24-22(16)29-17(26)13-28-24/h3-4,9-15,20-21H,2,5-8H2,1H3,(H,27,28)(H,30,31,32)/t14?,15?,20-,21-/m0/s1. The van der Waals surface area contributed by atoms with Crippen LogP contribution in [0.4, 0.5) is 5.82 Å². The zero-order valence-corrected chi connectivity index (χ0v) is 20.1. The smallest absolute Gasteiger partial charge is 0.311 e. The topological polar surface area (TPSA) is 111 Å². The molecule has 0 aromatic carbocycles. The van der Waals surface area contributed by atoms with E-state index in [4.69, 9.17) is 26.3 Å². The van der Waals surface area contributed by atoms with Crippen LogP contribution in [0.2, 0.25) is 5.15 Å². The molecule has 2 atom stereocenters. The Morgan fingerprint density at radius 2 is 1.94 bits per heavy atom. The van der Waals surface area contributed by atoms with Crippen molar-refractivity contribution in [3.05, 3.63) is 48.1 Å². The van der Waals surface area contributed by atoms with Gasteiger partial charge in [-0.25, -0.2) is 19.9 Å². The number of anilines is 1. The van der Waals surface area contributed by atoms with Gasteiger partial charge in [0.2, 0.25) is 0 Å². The molecule has 0 saturated heterocycles. The zero-order chi connectivity index (χ0) is 23.9. The molecule has 0 unspecified atom stereocenters. The van der Waals surface area contributed by atoms with E-state index in [1.807, 2.05) is 42.1 Å². The monoisotopic (exact) mass is 491 g/mol. The minimum absolute atomic E-state index is 0.0287. The molecule has 2 bridgehead atoms. The molecule has 3 aliphatic carbocycles. The number of aromatic nitrogens is 6. The Morgan fingerprint density at radius 1 is 1.17 bits per heavy atom. The Bertz CT molecular complexity index is 1360. The summed E-state index contributed by atoms with van der Waals surface area (Å²) in [6.45, 7) is 2.25. The van der Waals surface area contributed by atoms with E-state index in [-0.39, 0.29) is 17.9 Å². The quantitative estimate of drug-likeness (QED) is 0.378. The third kappa shape index (κ3) is 4.03. The summed E-state index contributed by atoms with van der Waals surface area (Å²) >= 11 is 6.13. The Hall–Kier alpha value is -3.46. The van der Waals surface area contributed by atoms with Gasteiger partial charge in [-0.05, 0) is 56.6 Å². The molecule has 4 aromatic heterocycles. The van der Waals surface area contributed by atoms with Gasteiger partial charge in [-0.3, -0.25) is 4.79 Å². The van der Waals surface area contributed by atoms with Crippen molar-refractivity contribution in [1.82, 2.24) is 29.5 Å². The van der Waals surface area contributed by atoms with Crippen molar-refractivity contribution < 1.29 is 9.53 Å². The number of nitrogens with one attached hydrogen (secondary N) is 2. The van der Waals surface area contributed by atoms with Crippen molar-refractivity contribution in [2.24, 2.45) is 17.8 Å². The van der Waals surface area contributed by atoms with E-state index in [9.17, 15) is 4.79 Å². The highest BCUT2D eigenvalue weighted by atomic mass is 35.5. The third-order valence-electron chi connectivity index (χ3n) is 7.27. The van der Waals surface area contributed by atoms with Gasteiger partial charge in [-0.1, -0.05) is 11.6 Å². The molecule has 180 valence electrons. The predicted octanol–water partition coefficient (Wildman–Crippen LogP) is 4.64. The summed E-state index contributed by atoms with van der Waals surface area (Å²) in [7, 11) is 0. The maximum absolute atomic E-state index is 12.9.